The zero-order chi connectivity index (χ0) is 15.6. The lowest BCUT2D eigenvalue weighted by molar-refractivity contribution is -0.194. The lowest BCUT2D eigenvalue weighted by Gasteiger charge is -2.50. The number of ketones is 2. The Labute approximate surface area is 126 Å². The van der Waals surface area contributed by atoms with Gasteiger partial charge in [0.1, 0.15) is 17.0 Å². The van der Waals surface area contributed by atoms with E-state index in [0.717, 1.165) is 0 Å². The summed E-state index contributed by atoms with van der Waals surface area (Å²) in [4.78, 5) is 50.5. The molecule has 8 bridgehead atoms. The first-order valence-corrected chi connectivity index (χ1v) is 7.71. The molecule has 0 aromatic rings. The summed E-state index contributed by atoms with van der Waals surface area (Å²) in [6, 6.07) is 0. The molecule has 6 aliphatic carbocycles. The van der Waals surface area contributed by atoms with Crippen LogP contribution in [0.3, 0.4) is 0 Å². The molecular weight excluding hydrogens is 288 g/mol. The molecule has 0 amide bonds. The van der Waals surface area contributed by atoms with Crippen molar-refractivity contribution in [3.63, 3.8) is 0 Å². The molecule has 0 saturated heterocycles. The fourth-order valence-corrected chi connectivity index (χ4v) is 7.71. The van der Waals surface area contributed by atoms with E-state index in [9.17, 15) is 19.2 Å². The maximum atomic E-state index is 12.8. The molecule has 6 saturated carbocycles. The van der Waals surface area contributed by atoms with Gasteiger partial charge in [-0.1, -0.05) is 0 Å². The average molecular weight is 304 g/mol. The van der Waals surface area contributed by atoms with Crippen molar-refractivity contribution in [3.8, 4) is 0 Å². The summed E-state index contributed by atoms with van der Waals surface area (Å²) in [6.07, 6.45) is 0.661. The summed E-state index contributed by atoms with van der Waals surface area (Å²) in [6.45, 7) is 0. The van der Waals surface area contributed by atoms with Crippen LogP contribution in [0.1, 0.15) is 12.8 Å². The molecule has 0 N–H and O–H groups in total. The quantitative estimate of drug-likeness (QED) is 0.667. The minimum atomic E-state index is -1.29. The highest BCUT2D eigenvalue weighted by molar-refractivity contribution is 6.09. The Hall–Kier alpha value is -1.72. The van der Waals surface area contributed by atoms with Gasteiger partial charge in [-0.2, -0.15) is 0 Å². The maximum Gasteiger partial charge on any atom is 0.314 e. The first-order chi connectivity index (χ1) is 10.5. The van der Waals surface area contributed by atoms with E-state index in [1.165, 1.54) is 14.2 Å². The largest absolute Gasteiger partial charge is 0.469 e. The van der Waals surface area contributed by atoms with Crippen molar-refractivity contribution < 1.29 is 28.7 Å². The molecule has 0 heterocycles. The average Bonchev–Trinajstić information content (AvgIpc) is 3.25. The highest BCUT2D eigenvalue weighted by Gasteiger charge is 2.99. The Morgan fingerprint density at radius 2 is 1.27 bits per heavy atom. The van der Waals surface area contributed by atoms with Crippen molar-refractivity contribution in [3.05, 3.63) is 0 Å². The van der Waals surface area contributed by atoms with Gasteiger partial charge in [0.2, 0.25) is 0 Å². The summed E-state index contributed by atoms with van der Waals surface area (Å²) < 4.78 is 10.1. The summed E-state index contributed by atoms with van der Waals surface area (Å²) in [5.74, 6) is -2.37. The molecule has 0 aromatic carbocycles. The standard InChI is InChI=1S/C16H16O6/c1-21-13(19)15-5-3-7(17)11-9(5)10-6(15)4-8(18)12(10)16(11,15)14(20)22-2/h5-6,9-12H,3-4H2,1-2H3/t5-,6+,9-,10-,11-,12+,15?,16?/m1/s1. The Kier molecular flexibility index (Phi) is 1.91. The second-order valence-corrected chi connectivity index (χ2v) is 7.39. The predicted molar refractivity (Wildman–Crippen MR) is 69.1 cm³/mol. The lowest BCUT2D eigenvalue weighted by Crippen LogP contribution is -2.63. The van der Waals surface area contributed by atoms with Gasteiger partial charge in [0.15, 0.2) is 0 Å². The number of carbonyl (C=O) groups excluding carboxylic acids is 4. The molecule has 6 rings (SSSR count). The van der Waals surface area contributed by atoms with Crippen molar-refractivity contribution >= 4 is 23.5 Å². The summed E-state index contributed by atoms with van der Waals surface area (Å²) in [7, 11) is 2.58. The molecule has 0 spiro atoms. The van der Waals surface area contributed by atoms with Crippen LogP contribution in [0.5, 0.6) is 0 Å². The van der Waals surface area contributed by atoms with Gasteiger partial charge in [-0.15, -0.1) is 0 Å². The Bertz CT molecular complexity index is 642. The third-order valence-electron chi connectivity index (χ3n) is 7.56. The Morgan fingerprint density at radius 3 is 1.68 bits per heavy atom. The first-order valence-electron chi connectivity index (χ1n) is 7.71. The molecule has 2 unspecified atom stereocenters. The van der Waals surface area contributed by atoms with E-state index >= 15 is 0 Å². The molecular formula is C16H16O6. The molecule has 0 aromatic heterocycles. The monoisotopic (exact) mass is 304 g/mol. The third-order valence-corrected chi connectivity index (χ3v) is 7.56. The molecule has 6 fully saturated rings. The Morgan fingerprint density at radius 1 is 0.864 bits per heavy atom. The fraction of sp³-hybridized carbons (Fsp3) is 0.750. The zero-order valence-electron chi connectivity index (χ0n) is 12.3. The minimum absolute atomic E-state index is 0.0144. The molecule has 0 radical (unpaired) electrons. The number of carbonyl (C=O) groups is 4. The van der Waals surface area contributed by atoms with Crippen LogP contribution in [0.4, 0.5) is 0 Å². The van der Waals surface area contributed by atoms with Gasteiger partial charge in [-0.05, 0) is 23.7 Å². The number of hydrogen-bond donors (Lipinski definition) is 0. The van der Waals surface area contributed by atoms with Crippen molar-refractivity contribution in [1.29, 1.82) is 0 Å². The predicted octanol–water partition coefficient (Wildman–Crippen LogP) is -0.0112. The molecule has 6 heteroatoms. The highest BCUT2D eigenvalue weighted by atomic mass is 16.5. The zero-order valence-corrected chi connectivity index (χ0v) is 12.3. The van der Waals surface area contributed by atoms with Crippen LogP contribution in [0.25, 0.3) is 0 Å². The van der Waals surface area contributed by atoms with E-state index in [-0.39, 0.29) is 35.2 Å². The molecule has 116 valence electrons. The van der Waals surface area contributed by atoms with Crippen LogP contribution in [0.2, 0.25) is 0 Å². The van der Waals surface area contributed by atoms with E-state index in [0.29, 0.717) is 12.8 Å². The van der Waals surface area contributed by atoms with Crippen molar-refractivity contribution in [2.24, 2.45) is 46.3 Å². The number of rotatable bonds is 2. The topological polar surface area (TPSA) is 86.7 Å². The molecule has 6 aliphatic rings. The van der Waals surface area contributed by atoms with Gasteiger partial charge in [0, 0.05) is 24.7 Å². The SMILES string of the molecule is COC(=O)C12[C@@H]3CC(=O)[C@@H]4[C@H]3[C@H]3[C@@H]1CC(=O)[C@@H]3C42C(=O)OC. The number of esters is 2. The van der Waals surface area contributed by atoms with E-state index in [4.69, 9.17) is 9.47 Å². The molecule has 0 aliphatic heterocycles. The smallest absolute Gasteiger partial charge is 0.314 e. The highest BCUT2D eigenvalue weighted by Crippen LogP contribution is 2.91. The van der Waals surface area contributed by atoms with Crippen LogP contribution in [-0.2, 0) is 28.7 Å². The summed E-state index contributed by atoms with van der Waals surface area (Å²) >= 11 is 0. The number of Topliss-reactive ketones (excluding diaryl/α,β-unsaturated/α-hetero) is 2. The number of methoxy groups -OCH3 is 2. The van der Waals surface area contributed by atoms with Crippen LogP contribution in [0, 0.1) is 46.3 Å². The minimum Gasteiger partial charge on any atom is -0.469 e. The molecule has 8 atom stereocenters. The number of hydrogen-bond acceptors (Lipinski definition) is 6. The maximum absolute atomic E-state index is 12.8. The van der Waals surface area contributed by atoms with E-state index in [1.807, 2.05) is 0 Å². The van der Waals surface area contributed by atoms with Crippen molar-refractivity contribution in [2.45, 2.75) is 12.8 Å². The molecule has 6 nitrogen and oxygen atoms in total. The van der Waals surface area contributed by atoms with Crippen LogP contribution >= 0.6 is 0 Å². The van der Waals surface area contributed by atoms with Crippen LogP contribution in [-0.4, -0.2) is 37.7 Å². The van der Waals surface area contributed by atoms with E-state index in [2.05, 4.69) is 0 Å². The third kappa shape index (κ3) is 0.787. The molecule has 22 heavy (non-hydrogen) atoms. The Balaban J connectivity index is 1.85. The van der Waals surface area contributed by atoms with Crippen LogP contribution in [0.15, 0.2) is 0 Å². The second kappa shape index (κ2) is 3.29. The van der Waals surface area contributed by atoms with Gasteiger partial charge in [-0.25, -0.2) is 0 Å². The van der Waals surface area contributed by atoms with Crippen molar-refractivity contribution in [1.82, 2.24) is 0 Å². The first kappa shape index (κ1) is 12.8. The van der Waals surface area contributed by atoms with Crippen molar-refractivity contribution in [2.75, 3.05) is 14.2 Å². The van der Waals surface area contributed by atoms with E-state index < -0.39 is 34.6 Å². The van der Waals surface area contributed by atoms with E-state index in [1.54, 1.807) is 0 Å². The van der Waals surface area contributed by atoms with Gasteiger partial charge in [-0.3, -0.25) is 19.2 Å². The number of ether oxygens (including phenoxy) is 2. The lowest BCUT2D eigenvalue weighted by atomic mass is 9.49. The van der Waals surface area contributed by atoms with Gasteiger partial charge in [0.05, 0.1) is 19.6 Å². The fourth-order valence-electron chi connectivity index (χ4n) is 7.71. The van der Waals surface area contributed by atoms with Gasteiger partial charge < -0.3 is 9.47 Å². The van der Waals surface area contributed by atoms with Gasteiger partial charge >= 0.3 is 11.9 Å². The normalized spacial score (nSPS) is 55.4. The summed E-state index contributed by atoms with van der Waals surface area (Å²) in [5, 5.41) is 0. The van der Waals surface area contributed by atoms with Gasteiger partial charge in [0.25, 0.3) is 0 Å². The summed E-state index contributed by atoms with van der Waals surface area (Å²) in [5.41, 5.74) is -2.30. The second-order valence-electron chi connectivity index (χ2n) is 7.39. The van der Waals surface area contributed by atoms with Crippen LogP contribution < -0.4 is 0 Å².